The molecule has 0 aliphatic carbocycles. The molecule has 0 aromatic rings. The molecule has 0 aliphatic heterocycles. The summed E-state index contributed by atoms with van der Waals surface area (Å²) in [6, 6.07) is -0.437. The summed E-state index contributed by atoms with van der Waals surface area (Å²) in [5.41, 5.74) is 0. The van der Waals surface area contributed by atoms with Crippen LogP contribution in [-0.4, -0.2) is 49.9 Å². The van der Waals surface area contributed by atoms with Crippen LogP contribution in [0.3, 0.4) is 0 Å². The van der Waals surface area contributed by atoms with Crippen molar-refractivity contribution in [2.45, 2.75) is 40.2 Å². The van der Waals surface area contributed by atoms with Gasteiger partial charge in [0.1, 0.15) is 6.04 Å². The van der Waals surface area contributed by atoms with Crippen LogP contribution >= 0.6 is 12.4 Å². The van der Waals surface area contributed by atoms with Gasteiger partial charge in [-0.05, 0) is 18.9 Å². The lowest BCUT2D eigenvalue weighted by atomic mass is 10.0. The van der Waals surface area contributed by atoms with E-state index in [4.69, 9.17) is 0 Å². The Bertz CT molecular complexity index is 296. The molecule has 0 spiro atoms. The molecule has 0 bridgehead atoms. The second-order valence-electron chi connectivity index (χ2n) is 5.75. The van der Waals surface area contributed by atoms with Crippen molar-refractivity contribution in [3.8, 4) is 0 Å². The highest BCUT2D eigenvalue weighted by molar-refractivity contribution is 5.87. The van der Waals surface area contributed by atoms with Gasteiger partial charge in [-0.15, -0.1) is 12.4 Å². The van der Waals surface area contributed by atoms with Gasteiger partial charge in [0, 0.05) is 26.6 Å². The lowest BCUT2D eigenvalue weighted by Crippen LogP contribution is -2.51. The summed E-state index contributed by atoms with van der Waals surface area (Å²) in [5, 5.41) is 5.86. The predicted molar refractivity (Wildman–Crippen MR) is 85.0 cm³/mol. The standard InChI is InChI=1S/C14H29N3O2.ClH/c1-10(2)9-12(18)16-13(11(3)4)14(19)17(6)8-7-15-5;/h10-11,13,15H,7-9H2,1-6H3,(H,16,18);1H. The maximum absolute atomic E-state index is 12.3. The number of carbonyl (C=O) groups is 2. The van der Waals surface area contributed by atoms with Gasteiger partial charge < -0.3 is 15.5 Å². The van der Waals surface area contributed by atoms with Crippen molar-refractivity contribution in [1.82, 2.24) is 15.5 Å². The topological polar surface area (TPSA) is 61.4 Å². The average Bonchev–Trinajstić information content (AvgIpc) is 2.30. The van der Waals surface area contributed by atoms with Crippen LogP contribution in [0.15, 0.2) is 0 Å². The molecule has 0 radical (unpaired) electrons. The van der Waals surface area contributed by atoms with Gasteiger partial charge in [0.15, 0.2) is 0 Å². The zero-order chi connectivity index (χ0) is 15.0. The number of halogens is 1. The van der Waals surface area contributed by atoms with Gasteiger partial charge >= 0.3 is 0 Å². The van der Waals surface area contributed by atoms with Crippen molar-refractivity contribution in [3.63, 3.8) is 0 Å². The highest BCUT2D eigenvalue weighted by Gasteiger charge is 2.26. The molecule has 5 nitrogen and oxygen atoms in total. The van der Waals surface area contributed by atoms with Crippen molar-refractivity contribution in [2.24, 2.45) is 11.8 Å². The van der Waals surface area contributed by atoms with Gasteiger partial charge in [0.05, 0.1) is 0 Å². The molecule has 2 N–H and O–H groups in total. The van der Waals surface area contributed by atoms with Crippen LogP contribution < -0.4 is 10.6 Å². The van der Waals surface area contributed by atoms with Crippen LogP contribution in [0.25, 0.3) is 0 Å². The molecule has 0 aliphatic rings. The number of nitrogens with one attached hydrogen (secondary N) is 2. The highest BCUT2D eigenvalue weighted by Crippen LogP contribution is 2.07. The normalized spacial score (nSPS) is 12.0. The second kappa shape index (κ2) is 10.9. The van der Waals surface area contributed by atoms with Gasteiger partial charge in [-0.25, -0.2) is 0 Å². The van der Waals surface area contributed by atoms with Crippen LogP contribution in [0.2, 0.25) is 0 Å². The zero-order valence-electron chi connectivity index (χ0n) is 13.5. The van der Waals surface area contributed by atoms with E-state index in [1.165, 1.54) is 0 Å². The molecule has 0 aromatic heterocycles. The summed E-state index contributed by atoms with van der Waals surface area (Å²) in [7, 11) is 3.62. The van der Waals surface area contributed by atoms with Crippen molar-refractivity contribution < 1.29 is 9.59 Å². The number of nitrogens with zero attached hydrogens (tertiary/aromatic N) is 1. The monoisotopic (exact) mass is 307 g/mol. The molecule has 0 saturated heterocycles. The first-order valence-electron chi connectivity index (χ1n) is 6.98. The van der Waals surface area contributed by atoms with Crippen molar-refractivity contribution >= 4 is 24.2 Å². The zero-order valence-corrected chi connectivity index (χ0v) is 14.3. The third-order valence-corrected chi connectivity index (χ3v) is 2.92. The predicted octanol–water partition coefficient (Wildman–Crippen LogP) is 1.27. The first-order valence-corrected chi connectivity index (χ1v) is 6.98. The average molecular weight is 308 g/mol. The third-order valence-electron chi connectivity index (χ3n) is 2.92. The molecule has 1 atom stereocenters. The van der Waals surface area contributed by atoms with E-state index < -0.39 is 6.04 Å². The van der Waals surface area contributed by atoms with E-state index >= 15 is 0 Å². The Labute approximate surface area is 129 Å². The summed E-state index contributed by atoms with van der Waals surface area (Å²) in [6.45, 7) is 9.26. The first-order chi connectivity index (χ1) is 8.79. The van der Waals surface area contributed by atoms with Gasteiger partial charge in [-0.1, -0.05) is 27.7 Å². The number of carbonyl (C=O) groups excluding carboxylic acids is 2. The van der Waals surface area contributed by atoms with E-state index in [1.54, 1.807) is 11.9 Å². The van der Waals surface area contributed by atoms with E-state index in [9.17, 15) is 9.59 Å². The number of rotatable bonds is 8. The summed E-state index contributed by atoms with van der Waals surface area (Å²) >= 11 is 0. The minimum absolute atomic E-state index is 0. The largest absolute Gasteiger partial charge is 0.344 e. The molecule has 0 rings (SSSR count). The Kier molecular flexibility index (Phi) is 11.7. The Balaban J connectivity index is 0. The maximum atomic E-state index is 12.3. The van der Waals surface area contributed by atoms with E-state index in [1.807, 2.05) is 34.7 Å². The number of likely N-dealkylation sites (N-methyl/N-ethyl adjacent to an activating group) is 2. The highest BCUT2D eigenvalue weighted by atomic mass is 35.5. The first kappa shape index (κ1) is 21.5. The Morgan fingerprint density at radius 1 is 1.15 bits per heavy atom. The van der Waals surface area contributed by atoms with Crippen molar-refractivity contribution in [3.05, 3.63) is 0 Å². The Hall–Kier alpha value is -0.810. The second-order valence-corrected chi connectivity index (χ2v) is 5.75. The fourth-order valence-corrected chi connectivity index (χ4v) is 1.74. The molecular weight excluding hydrogens is 278 g/mol. The molecule has 0 aromatic carbocycles. The van der Waals surface area contributed by atoms with E-state index in [-0.39, 0.29) is 30.1 Å². The molecule has 0 saturated carbocycles. The van der Waals surface area contributed by atoms with Crippen LogP contribution in [-0.2, 0) is 9.59 Å². The van der Waals surface area contributed by atoms with Gasteiger partial charge in [-0.3, -0.25) is 9.59 Å². The minimum Gasteiger partial charge on any atom is -0.344 e. The lowest BCUT2D eigenvalue weighted by molar-refractivity contribution is -0.136. The molecule has 0 heterocycles. The summed E-state index contributed by atoms with van der Waals surface area (Å²) in [4.78, 5) is 25.8. The van der Waals surface area contributed by atoms with Gasteiger partial charge in [-0.2, -0.15) is 0 Å². The fraction of sp³-hybridized carbons (Fsp3) is 0.857. The van der Waals surface area contributed by atoms with Crippen LogP contribution in [0, 0.1) is 11.8 Å². The van der Waals surface area contributed by atoms with Crippen LogP contribution in [0.4, 0.5) is 0 Å². The van der Waals surface area contributed by atoms with Gasteiger partial charge in [0.25, 0.3) is 0 Å². The minimum atomic E-state index is -0.437. The third kappa shape index (κ3) is 8.38. The van der Waals surface area contributed by atoms with Crippen LogP contribution in [0.1, 0.15) is 34.1 Å². The smallest absolute Gasteiger partial charge is 0.245 e. The Morgan fingerprint density at radius 3 is 2.10 bits per heavy atom. The molecule has 2 amide bonds. The van der Waals surface area contributed by atoms with E-state index in [2.05, 4.69) is 10.6 Å². The molecule has 120 valence electrons. The Morgan fingerprint density at radius 2 is 1.70 bits per heavy atom. The number of hydrogen-bond donors (Lipinski definition) is 2. The molecular formula is C14H30ClN3O2. The van der Waals surface area contributed by atoms with E-state index in [0.717, 1.165) is 6.54 Å². The van der Waals surface area contributed by atoms with Crippen molar-refractivity contribution in [2.75, 3.05) is 27.2 Å². The van der Waals surface area contributed by atoms with Crippen molar-refractivity contribution in [1.29, 1.82) is 0 Å². The number of amides is 2. The SMILES string of the molecule is CNCCN(C)C(=O)C(NC(=O)CC(C)C)C(C)C.Cl. The number of hydrogen-bond acceptors (Lipinski definition) is 3. The fourth-order valence-electron chi connectivity index (χ4n) is 1.74. The van der Waals surface area contributed by atoms with Crippen LogP contribution in [0.5, 0.6) is 0 Å². The molecule has 1 unspecified atom stereocenters. The maximum Gasteiger partial charge on any atom is 0.245 e. The lowest BCUT2D eigenvalue weighted by Gasteiger charge is -2.27. The quantitative estimate of drug-likeness (QED) is 0.710. The van der Waals surface area contributed by atoms with Gasteiger partial charge in [0.2, 0.25) is 11.8 Å². The molecule has 0 fully saturated rings. The summed E-state index contributed by atoms with van der Waals surface area (Å²) in [5.74, 6) is 0.303. The molecule has 6 heteroatoms. The molecule has 20 heavy (non-hydrogen) atoms. The van der Waals surface area contributed by atoms with E-state index in [0.29, 0.717) is 18.9 Å². The summed E-state index contributed by atoms with van der Waals surface area (Å²) in [6.07, 6.45) is 0.455. The summed E-state index contributed by atoms with van der Waals surface area (Å²) < 4.78 is 0.